The van der Waals surface area contributed by atoms with E-state index in [9.17, 15) is 4.79 Å². The van der Waals surface area contributed by atoms with E-state index in [1.54, 1.807) is 19.4 Å². The summed E-state index contributed by atoms with van der Waals surface area (Å²) < 4.78 is 10.3. The minimum Gasteiger partial charge on any atom is -0.472 e. The minimum absolute atomic E-state index is 0.00304. The number of carbonyl (C=O) groups is 1. The van der Waals surface area contributed by atoms with Gasteiger partial charge in [0.15, 0.2) is 0 Å². The fraction of sp³-hybridized carbons (Fsp3) is 0.375. The molecule has 5 heteroatoms. The molecule has 21 heavy (non-hydrogen) atoms. The fourth-order valence-electron chi connectivity index (χ4n) is 2.92. The SMILES string of the molecule is COC[C@@H]1CN(C(=O)c2ccoc2)C[C@H]1c1ccccn1. The molecule has 1 aliphatic heterocycles. The van der Waals surface area contributed by atoms with Crippen LogP contribution >= 0.6 is 0 Å². The van der Waals surface area contributed by atoms with Crippen LogP contribution in [-0.2, 0) is 4.74 Å². The lowest BCUT2D eigenvalue weighted by Crippen LogP contribution is -2.29. The summed E-state index contributed by atoms with van der Waals surface area (Å²) in [5, 5.41) is 0. The molecule has 0 radical (unpaired) electrons. The first kappa shape index (κ1) is 13.8. The maximum absolute atomic E-state index is 12.4. The Labute approximate surface area is 123 Å². The van der Waals surface area contributed by atoms with E-state index < -0.39 is 0 Å². The van der Waals surface area contributed by atoms with Gasteiger partial charge in [0.25, 0.3) is 5.91 Å². The van der Waals surface area contributed by atoms with Crippen molar-refractivity contribution < 1.29 is 13.9 Å². The number of methoxy groups -OCH3 is 1. The van der Waals surface area contributed by atoms with Gasteiger partial charge in [0.2, 0.25) is 0 Å². The molecule has 0 unspecified atom stereocenters. The zero-order chi connectivity index (χ0) is 14.7. The highest BCUT2D eigenvalue weighted by atomic mass is 16.5. The summed E-state index contributed by atoms with van der Waals surface area (Å²) >= 11 is 0. The Balaban J connectivity index is 1.79. The third kappa shape index (κ3) is 2.83. The van der Waals surface area contributed by atoms with E-state index in [0.717, 1.165) is 5.69 Å². The lowest BCUT2D eigenvalue weighted by atomic mass is 9.93. The number of ether oxygens (including phenoxy) is 1. The molecule has 5 nitrogen and oxygen atoms in total. The first-order valence-corrected chi connectivity index (χ1v) is 7.01. The molecular formula is C16H18N2O3. The number of rotatable bonds is 4. The summed E-state index contributed by atoms with van der Waals surface area (Å²) in [7, 11) is 1.69. The van der Waals surface area contributed by atoms with E-state index in [1.165, 1.54) is 12.5 Å². The van der Waals surface area contributed by atoms with Gasteiger partial charge >= 0.3 is 0 Å². The van der Waals surface area contributed by atoms with Crippen molar-refractivity contribution in [1.29, 1.82) is 0 Å². The number of pyridine rings is 1. The molecule has 0 N–H and O–H groups in total. The number of carbonyl (C=O) groups excluding carboxylic acids is 1. The second kappa shape index (κ2) is 6.10. The molecular weight excluding hydrogens is 268 g/mol. The van der Waals surface area contributed by atoms with E-state index in [0.29, 0.717) is 25.3 Å². The summed E-state index contributed by atoms with van der Waals surface area (Å²) in [4.78, 5) is 18.7. The molecule has 1 fully saturated rings. The molecule has 0 bridgehead atoms. The Morgan fingerprint density at radius 3 is 3.00 bits per heavy atom. The monoisotopic (exact) mass is 286 g/mol. The van der Waals surface area contributed by atoms with Crippen LogP contribution in [-0.4, -0.2) is 42.6 Å². The van der Waals surface area contributed by atoms with Gasteiger partial charge in [-0.2, -0.15) is 0 Å². The molecule has 0 saturated carbocycles. The molecule has 2 aromatic rings. The van der Waals surface area contributed by atoms with Crippen molar-refractivity contribution in [1.82, 2.24) is 9.88 Å². The van der Waals surface area contributed by atoms with Crippen molar-refractivity contribution in [2.24, 2.45) is 5.92 Å². The molecule has 1 aliphatic rings. The molecule has 3 rings (SSSR count). The summed E-state index contributed by atoms with van der Waals surface area (Å²) in [6, 6.07) is 7.59. The Kier molecular flexibility index (Phi) is 4.01. The third-order valence-electron chi connectivity index (χ3n) is 3.94. The van der Waals surface area contributed by atoms with E-state index in [1.807, 2.05) is 23.1 Å². The smallest absolute Gasteiger partial charge is 0.257 e. The Hall–Kier alpha value is -2.14. The first-order chi connectivity index (χ1) is 10.3. The van der Waals surface area contributed by atoms with Crippen LogP contribution in [0.25, 0.3) is 0 Å². The largest absolute Gasteiger partial charge is 0.472 e. The van der Waals surface area contributed by atoms with Crippen molar-refractivity contribution in [3.63, 3.8) is 0 Å². The van der Waals surface area contributed by atoms with Crippen molar-refractivity contribution in [3.8, 4) is 0 Å². The maximum Gasteiger partial charge on any atom is 0.257 e. The van der Waals surface area contributed by atoms with Crippen molar-refractivity contribution >= 4 is 5.91 Å². The predicted molar refractivity (Wildman–Crippen MR) is 77.0 cm³/mol. The van der Waals surface area contributed by atoms with Gasteiger partial charge < -0.3 is 14.1 Å². The van der Waals surface area contributed by atoms with E-state index >= 15 is 0 Å². The fourth-order valence-corrected chi connectivity index (χ4v) is 2.92. The number of amides is 1. The zero-order valence-corrected chi connectivity index (χ0v) is 11.9. The molecule has 110 valence electrons. The average Bonchev–Trinajstić information content (AvgIpc) is 3.18. The molecule has 2 aromatic heterocycles. The highest BCUT2D eigenvalue weighted by Crippen LogP contribution is 2.32. The quantitative estimate of drug-likeness (QED) is 0.864. The van der Waals surface area contributed by atoms with Crippen LogP contribution in [0.1, 0.15) is 22.0 Å². The summed E-state index contributed by atoms with van der Waals surface area (Å²) in [6.45, 7) is 1.96. The standard InChI is InChI=1S/C16H18N2O3/c1-20-10-13-8-18(16(19)12-5-7-21-11-12)9-14(13)15-4-2-3-6-17-15/h2-7,11,13-14H,8-10H2,1H3/t13-,14+/m0/s1. The topological polar surface area (TPSA) is 55.6 Å². The van der Waals surface area contributed by atoms with E-state index in [4.69, 9.17) is 9.15 Å². The van der Waals surface area contributed by atoms with Gasteiger partial charge in [-0.3, -0.25) is 9.78 Å². The number of hydrogen-bond donors (Lipinski definition) is 0. The Morgan fingerprint density at radius 2 is 2.33 bits per heavy atom. The number of hydrogen-bond acceptors (Lipinski definition) is 4. The molecule has 1 amide bonds. The van der Waals surface area contributed by atoms with Crippen LogP contribution in [0, 0.1) is 5.92 Å². The highest BCUT2D eigenvalue weighted by Gasteiger charge is 2.37. The van der Waals surface area contributed by atoms with Crippen molar-refractivity contribution in [2.45, 2.75) is 5.92 Å². The summed E-state index contributed by atoms with van der Waals surface area (Å²) in [5.74, 6) is 0.478. The molecule has 2 atom stereocenters. The number of aromatic nitrogens is 1. The van der Waals surface area contributed by atoms with Gasteiger partial charge in [0, 0.05) is 43.9 Å². The molecule has 1 saturated heterocycles. The van der Waals surface area contributed by atoms with Crippen LogP contribution in [0.4, 0.5) is 0 Å². The Bertz CT molecular complexity index is 583. The molecule has 0 aliphatic carbocycles. The predicted octanol–water partition coefficient (Wildman–Crippen LogP) is 2.18. The highest BCUT2D eigenvalue weighted by molar-refractivity contribution is 5.94. The first-order valence-electron chi connectivity index (χ1n) is 7.01. The van der Waals surface area contributed by atoms with Crippen molar-refractivity contribution in [3.05, 3.63) is 54.2 Å². The number of nitrogens with zero attached hydrogens (tertiary/aromatic N) is 2. The lowest BCUT2D eigenvalue weighted by Gasteiger charge is -2.16. The van der Waals surface area contributed by atoms with E-state index in [-0.39, 0.29) is 17.7 Å². The lowest BCUT2D eigenvalue weighted by molar-refractivity contribution is 0.0774. The second-order valence-corrected chi connectivity index (χ2v) is 5.30. The van der Waals surface area contributed by atoms with Gasteiger partial charge in [-0.1, -0.05) is 6.07 Å². The van der Waals surface area contributed by atoms with Crippen LogP contribution < -0.4 is 0 Å². The normalized spacial score (nSPS) is 21.7. The van der Waals surface area contributed by atoms with Crippen LogP contribution in [0.5, 0.6) is 0 Å². The zero-order valence-electron chi connectivity index (χ0n) is 11.9. The van der Waals surface area contributed by atoms with Gasteiger partial charge in [0.1, 0.15) is 6.26 Å². The Morgan fingerprint density at radius 1 is 1.43 bits per heavy atom. The molecule has 3 heterocycles. The molecule has 0 spiro atoms. The van der Waals surface area contributed by atoms with E-state index in [2.05, 4.69) is 4.98 Å². The van der Waals surface area contributed by atoms with Gasteiger partial charge in [-0.15, -0.1) is 0 Å². The number of likely N-dealkylation sites (tertiary alicyclic amines) is 1. The van der Waals surface area contributed by atoms with Crippen LogP contribution in [0.3, 0.4) is 0 Å². The number of furan rings is 1. The van der Waals surface area contributed by atoms with Gasteiger partial charge in [-0.25, -0.2) is 0 Å². The third-order valence-corrected chi connectivity index (χ3v) is 3.94. The van der Waals surface area contributed by atoms with Gasteiger partial charge in [-0.05, 0) is 18.2 Å². The summed E-state index contributed by atoms with van der Waals surface area (Å²) in [5.41, 5.74) is 1.61. The molecule has 0 aromatic carbocycles. The minimum atomic E-state index is 0.00304. The second-order valence-electron chi connectivity index (χ2n) is 5.30. The van der Waals surface area contributed by atoms with Crippen LogP contribution in [0.15, 0.2) is 47.4 Å². The van der Waals surface area contributed by atoms with Crippen LogP contribution in [0.2, 0.25) is 0 Å². The maximum atomic E-state index is 12.4. The average molecular weight is 286 g/mol. The van der Waals surface area contributed by atoms with Crippen molar-refractivity contribution in [2.75, 3.05) is 26.8 Å². The van der Waals surface area contributed by atoms with Gasteiger partial charge in [0.05, 0.1) is 18.4 Å². The summed E-state index contributed by atoms with van der Waals surface area (Å²) in [6.07, 6.45) is 4.80.